The quantitative estimate of drug-likeness (QED) is 0.604. The highest BCUT2D eigenvalue weighted by atomic mass is 32.2. The van der Waals surface area contributed by atoms with Crippen LogP contribution >= 0.6 is 11.3 Å². The Morgan fingerprint density at radius 2 is 1.97 bits per heavy atom. The average molecular weight is 459 g/mol. The third-order valence-corrected chi connectivity index (χ3v) is 8.39. The maximum Gasteiger partial charge on any atom is 0.318 e. The molecule has 0 radical (unpaired) electrons. The van der Waals surface area contributed by atoms with E-state index in [1.54, 1.807) is 23.4 Å². The number of pyridine rings is 2. The number of rotatable bonds is 6. The fraction of sp³-hybridized carbons (Fsp3) is 0.300. The van der Waals surface area contributed by atoms with Crippen LogP contribution in [0, 0.1) is 0 Å². The first-order chi connectivity index (χ1) is 14.9. The molecule has 0 saturated heterocycles. The lowest BCUT2D eigenvalue weighted by atomic mass is 10.2. The molecule has 4 rings (SSSR count). The van der Waals surface area contributed by atoms with Crippen molar-refractivity contribution >= 4 is 32.3 Å². The highest BCUT2D eigenvalue weighted by molar-refractivity contribution is 7.93. The van der Waals surface area contributed by atoms with Gasteiger partial charge in [0.15, 0.2) is 5.13 Å². The zero-order valence-electron chi connectivity index (χ0n) is 17.1. The summed E-state index contributed by atoms with van der Waals surface area (Å²) >= 11 is 1.13. The van der Waals surface area contributed by atoms with Gasteiger partial charge in [-0.15, -0.1) is 0 Å². The number of amides is 2. The van der Waals surface area contributed by atoms with Crippen molar-refractivity contribution in [2.45, 2.75) is 35.7 Å². The van der Waals surface area contributed by atoms with E-state index in [2.05, 4.69) is 20.3 Å². The van der Waals surface area contributed by atoms with Crippen LogP contribution in [0.3, 0.4) is 0 Å². The summed E-state index contributed by atoms with van der Waals surface area (Å²) in [5.74, 6) is 0. The number of hydrogen-bond acceptors (Lipinski definition) is 8. The average Bonchev–Trinajstić information content (AvgIpc) is 3.45. The maximum atomic E-state index is 12.8. The molecule has 4 heterocycles. The minimum absolute atomic E-state index is 0.0967. The van der Waals surface area contributed by atoms with Gasteiger partial charge in [-0.05, 0) is 36.2 Å². The number of sulfone groups is 1. The lowest BCUT2D eigenvalue weighted by Crippen LogP contribution is -2.36. The Balaban J connectivity index is 1.38. The molecule has 0 spiro atoms. The molecule has 162 valence electrons. The summed E-state index contributed by atoms with van der Waals surface area (Å²) < 4.78 is 25.9. The molecule has 3 aromatic rings. The van der Waals surface area contributed by atoms with Crippen molar-refractivity contribution in [2.24, 2.45) is 0 Å². The third kappa shape index (κ3) is 4.37. The molecule has 11 heteroatoms. The first kappa shape index (κ1) is 21.2. The van der Waals surface area contributed by atoms with Crippen molar-refractivity contribution in [3.05, 3.63) is 59.8 Å². The van der Waals surface area contributed by atoms with Gasteiger partial charge < -0.3 is 15.1 Å². The van der Waals surface area contributed by atoms with E-state index in [9.17, 15) is 13.2 Å². The Hall–Kier alpha value is -3.05. The molecule has 0 fully saturated rings. The molecule has 0 atom stereocenters. The van der Waals surface area contributed by atoms with E-state index >= 15 is 0 Å². The van der Waals surface area contributed by atoms with Crippen LogP contribution in [0.1, 0.15) is 23.7 Å². The van der Waals surface area contributed by atoms with Crippen molar-refractivity contribution in [1.82, 2.24) is 25.2 Å². The second-order valence-corrected chi connectivity index (χ2v) is 10.3. The number of urea groups is 1. The van der Waals surface area contributed by atoms with Crippen LogP contribution in [0.15, 0.2) is 52.1 Å². The van der Waals surface area contributed by atoms with Gasteiger partial charge in [-0.25, -0.2) is 18.2 Å². The van der Waals surface area contributed by atoms with Gasteiger partial charge in [-0.3, -0.25) is 9.97 Å². The smallest absolute Gasteiger partial charge is 0.318 e. The first-order valence-electron chi connectivity index (χ1n) is 9.70. The molecule has 9 nitrogen and oxygen atoms in total. The molecule has 3 aromatic heterocycles. The van der Waals surface area contributed by atoms with E-state index in [0.29, 0.717) is 23.9 Å². The van der Waals surface area contributed by atoms with Crippen molar-refractivity contribution in [2.75, 3.05) is 18.5 Å². The van der Waals surface area contributed by atoms with Gasteiger partial charge in [-0.1, -0.05) is 11.3 Å². The predicted molar refractivity (Wildman–Crippen MR) is 116 cm³/mol. The van der Waals surface area contributed by atoms with Crippen LogP contribution in [-0.2, 0) is 29.5 Å². The number of nitrogens with zero attached hydrogens (tertiary/aromatic N) is 5. The van der Waals surface area contributed by atoms with Crippen molar-refractivity contribution in [1.29, 1.82) is 0 Å². The Labute approximate surface area is 184 Å². The van der Waals surface area contributed by atoms with E-state index in [-0.39, 0.29) is 21.7 Å². The molecular formula is C20H22N6O3S2. The Bertz CT molecular complexity index is 1170. The summed E-state index contributed by atoms with van der Waals surface area (Å²) in [5, 5.41) is 3.48. The van der Waals surface area contributed by atoms with Crippen LogP contribution in [0.4, 0.5) is 9.93 Å². The zero-order chi connectivity index (χ0) is 22.0. The minimum atomic E-state index is -3.69. The van der Waals surface area contributed by atoms with E-state index in [0.717, 1.165) is 29.0 Å². The summed E-state index contributed by atoms with van der Waals surface area (Å²) in [6, 6.07) is 4.82. The van der Waals surface area contributed by atoms with Crippen molar-refractivity contribution in [3.8, 4) is 0 Å². The van der Waals surface area contributed by atoms with Gasteiger partial charge in [0, 0.05) is 45.3 Å². The van der Waals surface area contributed by atoms with E-state index in [4.69, 9.17) is 0 Å². The monoisotopic (exact) mass is 458 g/mol. The second-order valence-electron chi connectivity index (χ2n) is 7.12. The van der Waals surface area contributed by atoms with Gasteiger partial charge in [-0.2, -0.15) is 0 Å². The van der Waals surface area contributed by atoms with Gasteiger partial charge in [0.2, 0.25) is 9.84 Å². The van der Waals surface area contributed by atoms with Gasteiger partial charge >= 0.3 is 6.03 Å². The summed E-state index contributed by atoms with van der Waals surface area (Å²) in [4.78, 5) is 28.6. The normalized spacial score (nSPS) is 13.2. The summed E-state index contributed by atoms with van der Waals surface area (Å²) in [6.45, 7) is 3.96. The number of anilines is 1. The number of aromatic nitrogens is 3. The molecular weight excluding hydrogens is 436 g/mol. The molecule has 2 amide bonds. The number of nitrogens with one attached hydrogen (secondary N) is 1. The van der Waals surface area contributed by atoms with Crippen LogP contribution < -0.4 is 10.2 Å². The molecule has 1 aliphatic rings. The standard InChI is InChI=1S/C20H22N6O3S2/c1-3-25(2)20-24-11-18(30-20)31(28,29)17-5-4-16(22-10-17)9-23-19(27)26-12-14-6-7-21-8-15(14)13-26/h4-8,10-11H,3,9,12-13H2,1-2H3,(H,23,27). The predicted octanol–water partition coefficient (Wildman–Crippen LogP) is 2.45. The summed E-state index contributed by atoms with van der Waals surface area (Å²) in [5.41, 5.74) is 2.71. The number of fused-ring (bicyclic) bond motifs is 1. The molecule has 1 N–H and O–H groups in total. The third-order valence-electron chi connectivity index (χ3n) is 5.08. The molecule has 0 bridgehead atoms. The topological polar surface area (TPSA) is 108 Å². The lowest BCUT2D eigenvalue weighted by molar-refractivity contribution is 0.198. The Morgan fingerprint density at radius 3 is 2.68 bits per heavy atom. The van der Waals surface area contributed by atoms with Crippen LogP contribution in [0.5, 0.6) is 0 Å². The van der Waals surface area contributed by atoms with Crippen LogP contribution in [0.2, 0.25) is 0 Å². The van der Waals surface area contributed by atoms with E-state index in [1.807, 2.05) is 24.9 Å². The highest BCUT2D eigenvalue weighted by Gasteiger charge is 2.24. The van der Waals surface area contributed by atoms with Crippen LogP contribution in [-0.4, -0.2) is 47.9 Å². The molecule has 31 heavy (non-hydrogen) atoms. The van der Waals surface area contributed by atoms with E-state index in [1.165, 1.54) is 18.5 Å². The fourth-order valence-electron chi connectivity index (χ4n) is 3.12. The highest BCUT2D eigenvalue weighted by Crippen LogP contribution is 2.29. The zero-order valence-corrected chi connectivity index (χ0v) is 18.8. The first-order valence-corrected chi connectivity index (χ1v) is 12.0. The van der Waals surface area contributed by atoms with Gasteiger partial charge in [0.1, 0.15) is 4.21 Å². The second kappa shape index (κ2) is 8.60. The van der Waals surface area contributed by atoms with Crippen molar-refractivity contribution < 1.29 is 13.2 Å². The Morgan fingerprint density at radius 1 is 1.16 bits per heavy atom. The lowest BCUT2D eigenvalue weighted by Gasteiger charge is -2.16. The molecule has 0 saturated carbocycles. The number of hydrogen-bond donors (Lipinski definition) is 1. The molecule has 0 aliphatic carbocycles. The van der Waals surface area contributed by atoms with Gasteiger partial charge in [0.05, 0.1) is 23.3 Å². The summed E-state index contributed by atoms with van der Waals surface area (Å²) in [7, 11) is -1.83. The fourth-order valence-corrected chi connectivity index (χ4v) is 5.61. The van der Waals surface area contributed by atoms with E-state index < -0.39 is 9.84 Å². The van der Waals surface area contributed by atoms with Crippen LogP contribution in [0.25, 0.3) is 0 Å². The number of carbonyl (C=O) groups excluding carboxylic acids is 1. The molecule has 0 aromatic carbocycles. The maximum absolute atomic E-state index is 12.8. The largest absolute Gasteiger partial charge is 0.351 e. The van der Waals surface area contributed by atoms with Crippen molar-refractivity contribution in [3.63, 3.8) is 0 Å². The van der Waals surface area contributed by atoms with Gasteiger partial charge in [0.25, 0.3) is 0 Å². The Kier molecular flexibility index (Phi) is 5.88. The minimum Gasteiger partial charge on any atom is -0.351 e. The molecule has 0 unspecified atom stereocenters. The summed E-state index contributed by atoms with van der Waals surface area (Å²) in [6.07, 6.45) is 6.18. The number of carbonyl (C=O) groups is 1. The molecule has 1 aliphatic heterocycles. The SMILES string of the molecule is CCN(C)c1ncc(S(=O)(=O)c2ccc(CNC(=O)N3Cc4ccncc4C3)nc2)s1. The number of thiazole rings is 1.